The molecule has 0 amide bonds. The van der Waals surface area contributed by atoms with Crippen LogP contribution >= 0.6 is 0 Å². The van der Waals surface area contributed by atoms with Crippen molar-refractivity contribution in [1.82, 2.24) is 0 Å². The molecule has 0 aliphatic carbocycles. The third-order valence-electron chi connectivity index (χ3n) is 3.73. The Morgan fingerprint density at radius 1 is 0.963 bits per heavy atom. The standard InChI is InChI=1S/C21H28N2O4/c1-23(2,3)14-13-21(25)22-17-9-11-20(12-10-17)27-16-18(24)15-26-19-7-5-4-6-8-19/h4-12,18,24H,13-16H2,1-3H3/p+1. The molecule has 0 bridgehead atoms. The fourth-order valence-corrected chi connectivity index (χ4v) is 2.21. The zero-order chi connectivity index (χ0) is 19.7. The Labute approximate surface area is 160 Å². The number of quaternary nitrogens is 1. The van der Waals surface area contributed by atoms with Crippen molar-refractivity contribution in [3.63, 3.8) is 0 Å². The number of nitrogens with zero attached hydrogens (tertiary/aromatic N) is 2. The average Bonchev–Trinajstić information content (AvgIpc) is 2.64. The number of ether oxygens (including phenoxy) is 2. The number of hydrogen-bond acceptors (Lipinski definition) is 4. The zero-order valence-corrected chi connectivity index (χ0v) is 16.2. The van der Waals surface area contributed by atoms with Gasteiger partial charge in [-0.3, -0.25) is 4.99 Å². The lowest BCUT2D eigenvalue weighted by Gasteiger charge is -2.25. The van der Waals surface area contributed by atoms with E-state index in [4.69, 9.17) is 14.6 Å². The number of benzene rings is 2. The maximum Gasteiger partial charge on any atom is 0.222 e. The van der Waals surface area contributed by atoms with Crippen LogP contribution in [-0.2, 0) is 0 Å². The molecule has 0 saturated carbocycles. The van der Waals surface area contributed by atoms with Crippen LogP contribution in [0, 0.1) is 0 Å². The molecule has 1 atom stereocenters. The molecule has 27 heavy (non-hydrogen) atoms. The summed E-state index contributed by atoms with van der Waals surface area (Å²) in [5.41, 5.74) is 0.614. The molecule has 6 nitrogen and oxygen atoms in total. The Kier molecular flexibility index (Phi) is 7.64. The van der Waals surface area contributed by atoms with Crippen molar-refractivity contribution in [2.75, 3.05) is 40.9 Å². The molecule has 2 rings (SSSR count). The van der Waals surface area contributed by atoms with E-state index in [1.807, 2.05) is 51.5 Å². The Hall–Kier alpha value is -2.57. The summed E-state index contributed by atoms with van der Waals surface area (Å²) < 4.78 is 11.9. The van der Waals surface area contributed by atoms with Gasteiger partial charge < -0.3 is 24.2 Å². The SMILES string of the molecule is C[N+](C)(C)CCC([O-])=Nc1ccc(OCC([OH2+])COc2ccccc2)cc1. The van der Waals surface area contributed by atoms with Crippen molar-refractivity contribution < 1.29 is 24.2 Å². The van der Waals surface area contributed by atoms with E-state index in [2.05, 4.69) is 4.99 Å². The first-order valence-corrected chi connectivity index (χ1v) is 8.99. The quantitative estimate of drug-likeness (QED) is 0.275. The van der Waals surface area contributed by atoms with Crippen LogP contribution in [0.2, 0.25) is 0 Å². The molecule has 2 aromatic rings. The van der Waals surface area contributed by atoms with Gasteiger partial charge in [-0.05, 0) is 42.3 Å². The van der Waals surface area contributed by atoms with E-state index in [1.165, 1.54) is 0 Å². The highest BCUT2D eigenvalue weighted by Crippen LogP contribution is 2.18. The van der Waals surface area contributed by atoms with Gasteiger partial charge in [0.2, 0.25) is 6.10 Å². The van der Waals surface area contributed by atoms with Crippen LogP contribution in [0.1, 0.15) is 6.42 Å². The normalized spacial score (nSPS) is 13.3. The highest BCUT2D eigenvalue weighted by Gasteiger charge is 2.11. The summed E-state index contributed by atoms with van der Waals surface area (Å²) in [7, 11) is 6.14. The molecule has 2 aromatic carbocycles. The number of para-hydroxylation sites is 1. The monoisotopic (exact) mass is 373 g/mol. The molecule has 2 N–H and O–H groups in total. The minimum atomic E-state index is -0.494. The van der Waals surface area contributed by atoms with Crippen molar-refractivity contribution in [1.29, 1.82) is 0 Å². The first kappa shape index (κ1) is 20.7. The molecule has 0 fully saturated rings. The molecule has 1 unspecified atom stereocenters. The third kappa shape index (κ3) is 8.57. The van der Waals surface area contributed by atoms with E-state index < -0.39 is 6.10 Å². The van der Waals surface area contributed by atoms with Gasteiger partial charge in [0.25, 0.3) is 0 Å². The molecule has 146 valence electrons. The number of aliphatic imine (C=N–C) groups is 1. The van der Waals surface area contributed by atoms with Crippen LogP contribution < -0.4 is 14.6 Å². The first-order chi connectivity index (χ1) is 12.8. The van der Waals surface area contributed by atoms with Crippen LogP contribution in [0.15, 0.2) is 59.6 Å². The number of hydrogen-bond donors (Lipinski definition) is 0. The predicted octanol–water partition coefficient (Wildman–Crippen LogP) is 1.72. The molecule has 0 heterocycles. The van der Waals surface area contributed by atoms with Crippen molar-refractivity contribution in [2.45, 2.75) is 12.5 Å². The van der Waals surface area contributed by atoms with E-state index in [9.17, 15) is 5.11 Å². The molecule has 0 aliphatic heterocycles. The Morgan fingerprint density at radius 3 is 2.07 bits per heavy atom. The van der Waals surface area contributed by atoms with E-state index >= 15 is 0 Å². The van der Waals surface area contributed by atoms with Gasteiger partial charge in [-0.1, -0.05) is 18.2 Å². The van der Waals surface area contributed by atoms with Crippen LogP contribution in [0.25, 0.3) is 0 Å². The number of rotatable bonds is 10. The molecule has 6 heteroatoms. The van der Waals surface area contributed by atoms with E-state index in [1.54, 1.807) is 24.3 Å². The van der Waals surface area contributed by atoms with Crippen LogP contribution in [0.3, 0.4) is 0 Å². The van der Waals surface area contributed by atoms with Crippen molar-refractivity contribution in [2.24, 2.45) is 4.99 Å². The maximum atomic E-state index is 11.9. The third-order valence-corrected chi connectivity index (χ3v) is 3.73. The summed E-state index contributed by atoms with van der Waals surface area (Å²) in [4.78, 5) is 4.10. The van der Waals surface area contributed by atoms with Gasteiger partial charge in [0.05, 0.1) is 33.4 Å². The highest BCUT2D eigenvalue weighted by atomic mass is 16.5. The molecular formula is C21H29N2O4+. The van der Waals surface area contributed by atoms with Crippen molar-refractivity contribution in [3.05, 3.63) is 54.6 Å². The van der Waals surface area contributed by atoms with Gasteiger partial charge >= 0.3 is 0 Å². The lowest BCUT2D eigenvalue weighted by Crippen LogP contribution is -2.38. The van der Waals surface area contributed by atoms with Crippen LogP contribution in [0.4, 0.5) is 5.69 Å². The van der Waals surface area contributed by atoms with E-state index in [0.29, 0.717) is 17.9 Å². The molecular weight excluding hydrogens is 344 g/mol. The summed E-state index contributed by atoms with van der Waals surface area (Å²) in [5, 5.41) is 19.9. The Balaban J connectivity index is 1.76. The van der Waals surface area contributed by atoms with Gasteiger partial charge in [-0.25, -0.2) is 0 Å². The summed E-state index contributed by atoms with van der Waals surface area (Å²) in [5.74, 6) is 1.27. The lowest BCUT2D eigenvalue weighted by molar-refractivity contribution is -0.869. The maximum absolute atomic E-state index is 11.9. The van der Waals surface area contributed by atoms with E-state index in [-0.39, 0.29) is 19.1 Å². The minimum absolute atomic E-state index is 0.124. The second-order valence-corrected chi connectivity index (χ2v) is 7.40. The smallest absolute Gasteiger partial charge is 0.222 e. The second kappa shape index (κ2) is 9.94. The largest absolute Gasteiger partial charge is 0.862 e. The van der Waals surface area contributed by atoms with Crippen molar-refractivity contribution in [3.8, 4) is 11.5 Å². The summed E-state index contributed by atoms with van der Waals surface area (Å²) in [6, 6.07) is 16.4. The van der Waals surface area contributed by atoms with Crippen LogP contribution in [-0.4, -0.2) is 62.5 Å². The molecule has 0 radical (unpaired) electrons. The van der Waals surface area contributed by atoms with E-state index in [0.717, 1.165) is 16.8 Å². The molecule has 0 spiro atoms. The minimum Gasteiger partial charge on any atom is -0.862 e. The first-order valence-electron chi connectivity index (χ1n) is 8.99. The lowest BCUT2D eigenvalue weighted by atomic mass is 10.3. The Bertz CT molecular complexity index is 709. The topological polar surface area (TPSA) is 76.8 Å². The summed E-state index contributed by atoms with van der Waals surface area (Å²) >= 11 is 0. The van der Waals surface area contributed by atoms with Crippen LogP contribution in [0.5, 0.6) is 11.5 Å². The molecule has 0 aromatic heterocycles. The second-order valence-electron chi connectivity index (χ2n) is 7.40. The van der Waals surface area contributed by atoms with Gasteiger partial charge in [-0.2, -0.15) is 0 Å². The van der Waals surface area contributed by atoms with Gasteiger partial charge in [-0.15, -0.1) is 0 Å². The molecule has 0 aliphatic rings. The fourth-order valence-electron chi connectivity index (χ4n) is 2.21. The van der Waals surface area contributed by atoms with Gasteiger partial charge in [0.15, 0.2) is 13.2 Å². The summed E-state index contributed by atoms with van der Waals surface area (Å²) in [6.45, 7) is 1.24. The predicted molar refractivity (Wildman–Crippen MR) is 106 cm³/mol. The highest BCUT2D eigenvalue weighted by molar-refractivity contribution is 5.75. The zero-order valence-electron chi connectivity index (χ0n) is 16.2. The molecule has 0 saturated heterocycles. The fraction of sp³-hybridized carbons (Fsp3) is 0.381. The summed E-state index contributed by atoms with van der Waals surface area (Å²) in [6.07, 6.45) is -0.0735. The van der Waals surface area contributed by atoms with Gasteiger partial charge in [0.1, 0.15) is 11.5 Å². The van der Waals surface area contributed by atoms with Gasteiger partial charge in [0, 0.05) is 6.42 Å². The average molecular weight is 373 g/mol. The Morgan fingerprint density at radius 2 is 1.52 bits per heavy atom. The van der Waals surface area contributed by atoms with Crippen molar-refractivity contribution >= 4 is 11.6 Å².